The summed E-state index contributed by atoms with van der Waals surface area (Å²) >= 11 is 3.43. The first-order valence-corrected chi connectivity index (χ1v) is 8.86. The second-order valence-corrected chi connectivity index (χ2v) is 6.98. The highest BCUT2D eigenvalue weighted by Crippen LogP contribution is 2.39. The number of ether oxygens (including phenoxy) is 1. The van der Waals surface area contributed by atoms with Gasteiger partial charge in [-0.3, -0.25) is 9.36 Å². The lowest BCUT2D eigenvalue weighted by atomic mass is 9.89. The number of imidazole rings is 1. The number of benzene rings is 2. The number of nitrogens with zero attached hydrogens (tertiary/aromatic N) is 2. The first-order chi connectivity index (χ1) is 12.6. The van der Waals surface area contributed by atoms with E-state index in [1.807, 2.05) is 28.8 Å². The Morgan fingerprint density at radius 1 is 1.27 bits per heavy atom. The van der Waals surface area contributed by atoms with Gasteiger partial charge < -0.3 is 15.2 Å². The summed E-state index contributed by atoms with van der Waals surface area (Å²) < 4.78 is 8.04. The zero-order valence-electron chi connectivity index (χ0n) is 13.9. The van der Waals surface area contributed by atoms with E-state index in [2.05, 4.69) is 26.2 Å². The van der Waals surface area contributed by atoms with Crippen molar-refractivity contribution in [1.29, 1.82) is 0 Å². The van der Waals surface area contributed by atoms with Gasteiger partial charge in [-0.15, -0.1) is 0 Å². The molecular formula is C19H16BrN3O3. The number of rotatable bonds is 3. The molecule has 0 radical (unpaired) electrons. The van der Waals surface area contributed by atoms with Crippen molar-refractivity contribution in [3.63, 3.8) is 0 Å². The average molecular weight is 414 g/mol. The Labute approximate surface area is 158 Å². The fourth-order valence-electron chi connectivity index (χ4n) is 3.19. The van der Waals surface area contributed by atoms with E-state index in [0.717, 1.165) is 21.4 Å². The van der Waals surface area contributed by atoms with Crippen LogP contribution in [0.5, 0.6) is 11.5 Å². The molecule has 2 heterocycles. The maximum Gasteiger partial charge on any atom is 0.226 e. The molecule has 1 aromatic heterocycles. The van der Waals surface area contributed by atoms with Crippen molar-refractivity contribution in [3.05, 3.63) is 64.5 Å². The highest BCUT2D eigenvalue weighted by atomic mass is 79.9. The highest BCUT2D eigenvalue weighted by Gasteiger charge is 2.31. The van der Waals surface area contributed by atoms with Crippen LogP contribution in [0.3, 0.4) is 0 Å². The summed E-state index contributed by atoms with van der Waals surface area (Å²) in [6.07, 6.45) is 2.00. The number of carbonyl (C=O) groups excluding carboxylic acids is 1. The number of carbonyl (C=O) groups is 1. The number of methoxy groups -OCH3 is 1. The molecule has 0 fully saturated rings. The van der Waals surface area contributed by atoms with E-state index in [-0.39, 0.29) is 24.0 Å². The number of phenolic OH excluding ortho intramolecular Hbond substituents is 1. The first-order valence-electron chi connectivity index (χ1n) is 8.06. The number of halogens is 1. The first kappa shape index (κ1) is 16.7. The lowest BCUT2D eigenvalue weighted by Gasteiger charge is -2.23. The van der Waals surface area contributed by atoms with Crippen molar-refractivity contribution < 1.29 is 14.6 Å². The Hall–Kier alpha value is -2.80. The van der Waals surface area contributed by atoms with Crippen LogP contribution in [0.1, 0.15) is 23.6 Å². The minimum absolute atomic E-state index is 0.0668. The molecule has 1 aliphatic heterocycles. The molecule has 6 nitrogen and oxygen atoms in total. The summed E-state index contributed by atoms with van der Waals surface area (Å²) in [5, 5.41) is 12.8. The molecule has 4 rings (SSSR count). The number of hydrogen-bond acceptors (Lipinski definition) is 4. The molecule has 0 spiro atoms. The summed E-state index contributed by atoms with van der Waals surface area (Å²) in [5.74, 6) is 0.832. The molecule has 1 amide bonds. The van der Waals surface area contributed by atoms with Crippen molar-refractivity contribution in [2.75, 3.05) is 12.4 Å². The van der Waals surface area contributed by atoms with E-state index in [1.165, 1.54) is 7.11 Å². The van der Waals surface area contributed by atoms with Crippen LogP contribution in [0.15, 0.2) is 53.3 Å². The van der Waals surface area contributed by atoms with E-state index < -0.39 is 0 Å². The average Bonchev–Trinajstić information content (AvgIpc) is 3.06. The largest absolute Gasteiger partial charge is 0.504 e. The fraction of sp³-hybridized carbons (Fsp3) is 0.158. The molecule has 0 saturated carbocycles. The van der Waals surface area contributed by atoms with Gasteiger partial charge >= 0.3 is 0 Å². The number of amides is 1. The van der Waals surface area contributed by atoms with Gasteiger partial charge in [0, 0.05) is 22.5 Å². The van der Waals surface area contributed by atoms with E-state index >= 15 is 0 Å². The van der Waals surface area contributed by atoms with Gasteiger partial charge in [0.15, 0.2) is 11.5 Å². The summed E-state index contributed by atoms with van der Waals surface area (Å²) in [6, 6.07) is 12.9. The second-order valence-electron chi connectivity index (χ2n) is 6.06. The molecule has 0 aliphatic carbocycles. The van der Waals surface area contributed by atoms with Crippen LogP contribution in [0, 0.1) is 0 Å². The third-order valence-corrected chi connectivity index (χ3v) is 5.01. The number of fused-ring (bicyclic) bond motifs is 1. The van der Waals surface area contributed by atoms with Crippen LogP contribution < -0.4 is 10.1 Å². The predicted octanol–water partition coefficient (Wildman–Crippen LogP) is 3.82. The van der Waals surface area contributed by atoms with Crippen LogP contribution in [0.25, 0.3) is 5.69 Å². The van der Waals surface area contributed by atoms with Gasteiger partial charge in [-0.05, 0) is 42.0 Å². The smallest absolute Gasteiger partial charge is 0.226 e. The van der Waals surface area contributed by atoms with Crippen LogP contribution in [-0.2, 0) is 4.79 Å². The molecule has 3 aromatic rings. The molecule has 132 valence electrons. The minimum atomic E-state index is -0.204. The second kappa shape index (κ2) is 6.49. The molecule has 0 saturated heterocycles. The lowest BCUT2D eigenvalue weighted by molar-refractivity contribution is -0.116. The summed E-state index contributed by atoms with van der Waals surface area (Å²) in [4.78, 5) is 16.9. The zero-order chi connectivity index (χ0) is 18.3. The quantitative estimate of drug-likeness (QED) is 0.683. The monoisotopic (exact) mass is 413 g/mol. The van der Waals surface area contributed by atoms with Gasteiger partial charge in [-0.2, -0.15) is 0 Å². The van der Waals surface area contributed by atoms with Gasteiger partial charge in [0.05, 0.1) is 12.8 Å². The minimum Gasteiger partial charge on any atom is -0.504 e. The van der Waals surface area contributed by atoms with E-state index in [9.17, 15) is 9.90 Å². The van der Waals surface area contributed by atoms with Crippen molar-refractivity contribution >= 4 is 27.7 Å². The van der Waals surface area contributed by atoms with E-state index in [4.69, 9.17) is 4.74 Å². The molecule has 2 aromatic carbocycles. The van der Waals surface area contributed by atoms with Crippen LogP contribution in [-0.4, -0.2) is 27.7 Å². The van der Waals surface area contributed by atoms with Gasteiger partial charge in [0.25, 0.3) is 0 Å². The van der Waals surface area contributed by atoms with Gasteiger partial charge in [-0.25, -0.2) is 4.98 Å². The molecule has 1 unspecified atom stereocenters. The van der Waals surface area contributed by atoms with Crippen LogP contribution in [0.2, 0.25) is 0 Å². The SMILES string of the molecule is COc1cc(C2CC(=O)Nc3c2ncn3-c2ccc(Br)cc2)ccc1O. The number of aromatic nitrogens is 2. The van der Waals surface area contributed by atoms with E-state index in [1.54, 1.807) is 24.5 Å². The van der Waals surface area contributed by atoms with Crippen molar-refractivity contribution in [1.82, 2.24) is 9.55 Å². The number of aromatic hydroxyl groups is 1. The Bertz CT molecular complexity index is 982. The molecule has 1 atom stereocenters. The molecule has 2 N–H and O–H groups in total. The predicted molar refractivity (Wildman–Crippen MR) is 101 cm³/mol. The summed E-state index contributed by atoms with van der Waals surface area (Å²) in [6.45, 7) is 0. The van der Waals surface area contributed by atoms with Crippen molar-refractivity contribution in [3.8, 4) is 17.2 Å². The Kier molecular flexibility index (Phi) is 4.16. The number of anilines is 1. The van der Waals surface area contributed by atoms with Crippen LogP contribution in [0.4, 0.5) is 5.82 Å². The number of phenols is 1. The molecule has 1 aliphatic rings. The van der Waals surface area contributed by atoms with Gasteiger partial charge in [0.1, 0.15) is 12.1 Å². The Balaban J connectivity index is 1.80. The van der Waals surface area contributed by atoms with E-state index in [0.29, 0.717) is 11.6 Å². The third kappa shape index (κ3) is 2.84. The maximum atomic E-state index is 12.3. The zero-order valence-corrected chi connectivity index (χ0v) is 15.5. The third-order valence-electron chi connectivity index (χ3n) is 4.48. The maximum absolute atomic E-state index is 12.3. The standard InChI is InChI=1S/C19H16BrN3O3/c1-26-16-8-11(2-7-15(16)24)14-9-17(25)22-19-18(14)21-10-23(19)13-5-3-12(20)4-6-13/h2-8,10,14,24H,9H2,1H3,(H,22,25). The normalized spacial score (nSPS) is 16.1. The Morgan fingerprint density at radius 3 is 2.77 bits per heavy atom. The van der Waals surface area contributed by atoms with Gasteiger partial charge in [-0.1, -0.05) is 22.0 Å². The molecular weight excluding hydrogens is 398 g/mol. The number of nitrogens with one attached hydrogen (secondary N) is 1. The Morgan fingerprint density at radius 2 is 2.04 bits per heavy atom. The summed E-state index contributed by atoms with van der Waals surface area (Å²) in [7, 11) is 1.50. The van der Waals surface area contributed by atoms with Crippen LogP contribution >= 0.6 is 15.9 Å². The summed E-state index contributed by atoms with van der Waals surface area (Å²) in [5.41, 5.74) is 2.57. The fourth-order valence-corrected chi connectivity index (χ4v) is 3.46. The van der Waals surface area contributed by atoms with Crippen molar-refractivity contribution in [2.24, 2.45) is 0 Å². The highest BCUT2D eigenvalue weighted by molar-refractivity contribution is 9.10. The van der Waals surface area contributed by atoms with Gasteiger partial charge in [0.2, 0.25) is 5.91 Å². The topological polar surface area (TPSA) is 76.4 Å². The molecule has 7 heteroatoms. The number of hydrogen-bond donors (Lipinski definition) is 2. The molecule has 0 bridgehead atoms. The molecule has 26 heavy (non-hydrogen) atoms. The lowest BCUT2D eigenvalue weighted by Crippen LogP contribution is -2.24. The van der Waals surface area contributed by atoms with Crippen molar-refractivity contribution in [2.45, 2.75) is 12.3 Å².